The summed E-state index contributed by atoms with van der Waals surface area (Å²) in [6, 6.07) is 2.20. The van der Waals surface area contributed by atoms with Gasteiger partial charge in [-0.15, -0.1) is 0 Å². The zero-order valence-corrected chi connectivity index (χ0v) is 8.72. The lowest BCUT2D eigenvalue weighted by Crippen LogP contribution is -1.86. The molecule has 1 aromatic carbocycles. The Hall–Kier alpha value is -0.590. The first-order chi connectivity index (χ1) is 6.15. The van der Waals surface area contributed by atoms with Gasteiger partial charge in [-0.1, -0.05) is 39.4 Å². The first-order valence-electron chi connectivity index (χ1n) is 3.34. The van der Waals surface area contributed by atoms with E-state index in [-0.39, 0.29) is 5.56 Å². The Morgan fingerprint density at radius 3 is 2.31 bits per heavy atom. The van der Waals surface area contributed by atoms with Crippen LogP contribution in [0.3, 0.4) is 0 Å². The van der Waals surface area contributed by atoms with Gasteiger partial charge in [-0.3, -0.25) is 0 Å². The van der Waals surface area contributed by atoms with Gasteiger partial charge < -0.3 is 0 Å². The van der Waals surface area contributed by atoms with Gasteiger partial charge >= 0.3 is 0 Å². The molecule has 1 rings (SSSR count). The molecule has 0 saturated heterocycles. The normalized spacial score (nSPS) is 9.23. The summed E-state index contributed by atoms with van der Waals surface area (Å²) >= 11 is 8.35. The maximum Gasteiger partial charge on any atom is 0.146 e. The zero-order valence-electron chi connectivity index (χ0n) is 6.37. The van der Waals surface area contributed by atoms with Crippen LogP contribution in [-0.4, -0.2) is 5.33 Å². The Kier molecular flexibility index (Phi) is 3.71. The largest absolute Gasteiger partial charge is 0.205 e. The van der Waals surface area contributed by atoms with Crippen molar-refractivity contribution in [1.82, 2.24) is 0 Å². The molecular formula is C9H4BrClF2. The number of halogens is 4. The van der Waals surface area contributed by atoms with Gasteiger partial charge in [0.05, 0.1) is 5.33 Å². The first-order valence-corrected chi connectivity index (χ1v) is 4.84. The molecule has 13 heavy (non-hydrogen) atoms. The molecule has 0 saturated carbocycles. The second-order valence-corrected chi connectivity index (χ2v) is 3.13. The molecular weight excluding hydrogens is 261 g/mol. The highest BCUT2D eigenvalue weighted by Crippen LogP contribution is 2.19. The Morgan fingerprint density at radius 2 is 1.85 bits per heavy atom. The second-order valence-electron chi connectivity index (χ2n) is 2.19. The molecule has 0 aromatic heterocycles. The summed E-state index contributed by atoms with van der Waals surface area (Å²) in [7, 11) is 0. The fraction of sp³-hybridized carbons (Fsp3) is 0.111. The minimum absolute atomic E-state index is 0.277. The Balaban J connectivity index is 3.13. The van der Waals surface area contributed by atoms with Gasteiger partial charge in [-0.25, -0.2) is 8.78 Å². The lowest BCUT2D eigenvalue weighted by molar-refractivity contribution is 0.583. The van der Waals surface area contributed by atoms with Crippen molar-refractivity contribution in [2.24, 2.45) is 0 Å². The molecule has 1 aromatic rings. The van der Waals surface area contributed by atoms with E-state index >= 15 is 0 Å². The Bertz CT molecular complexity index is 356. The smallest absolute Gasteiger partial charge is 0.146 e. The van der Waals surface area contributed by atoms with Crippen LogP contribution in [0.1, 0.15) is 5.56 Å². The number of alkyl halides is 1. The molecule has 0 aliphatic rings. The van der Waals surface area contributed by atoms with E-state index in [0.29, 0.717) is 5.33 Å². The van der Waals surface area contributed by atoms with Crippen LogP contribution in [0.2, 0.25) is 5.02 Å². The standard InChI is InChI=1S/C9H4BrClF2/c10-3-1-2-6-4-7(12)9(11)8(13)5-6/h4-5H,3H2. The van der Waals surface area contributed by atoms with Gasteiger partial charge in [0.25, 0.3) is 0 Å². The van der Waals surface area contributed by atoms with E-state index in [1.54, 1.807) is 0 Å². The summed E-state index contributed by atoms with van der Waals surface area (Å²) in [6.45, 7) is 0. The third-order valence-electron chi connectivity index (χ3n) is 1.28. The van der Waals surface area contributed by atoms with E-state index in [1.165, 1.54) is 0 Å². The summed E-state index contributed by atoms with van der Waals surface area (Å²) in [5.74, 6) is 3.61. The predicted octanol–water partition coefficient (Wildman–Crippen LogP) is 3.36. The van der Waals surface area contributed by atoms with Crippen LogP contribution in [0.4, 0.5) is 8.78 Å². The van der Waals surface area contributed by atoms with Gasteiger partial charge in [-0.2, -0.15) is 0 Å². The summed E-state index contributed by atoms with van der Waals surface area (Å²) < 4.78 is 25.6. The van der Waals surface area contributed by atoms with Crippen molar-refractivity contribution in [2.45, 2.75) is 0 Å². The van der Waals surface area contributed by atoms with Crippen LogP contribution in [0.15, 0.2) is 12.1 Å². The van der Waals surface area contributed by atoms with E-state index in [0.717, 1.165) is 12.1 Å². The van der Waals surface area contributed by atoms with Gasteiger partial charge in [0.15, 0.2) is 0 Å². The summed E-state index contributed by atoms with van der Waals surface area (Å²) in [5, 5.41) is -0.0387. The lowest BCUT2D eigenvalue weighted by atomic mass is 10.2. The second kappa shape index (κ2) is 4.59. The molecule has 0 atom stereocenters. The van der Waals surface area contributed by atoms with Gasteiger partial charge in [-0.05, 0) is 12.1 Å². The molecule has 0 unspecified atom stereocenters. The highest BCUT2D eigenvalue weighted by Gasteiger charge is 2.06. The van der Waals surface area contributed by atoms with Gasteiger partial charge in [0, 0.05) is 5.56 Å². The zero-order chi connectivity index (χ0) is 9.84. The molecule has 0 radical (unpaired) electrons. The highest BCUT2D eigenvalue weighted by atomic mass is 79.9. The van der Waals surface area contributed by atoms with Crippen LogP contribution >= 0.6 is 27.5 Å². The highest BCUT2D eigenvalue weighted by molar-refractivity contribution is 9.09. The van der Waals surface area contributed by atoms with Crippen LogP contribution < -0.4 is 0 Å². The fourth-order valence-corrected chi connectivity index (χ4v) is 1.01. The number of benzene rings is 1. The van der Waals surface area contributed by atoms with Crippen molar-refractivity contribution in [3.63, 3.8) is 0 Å². The molecule has 0 bridgehead atoms. The molecule has 0 aliphatic carbocycles. The van der Waals surface area contributed by atoms with Crippen molar-refractivity contribution in [2.75, 3.05) is 5.33 Å². The third kappa shape index (κ3) is 2.68. The average molecular weight is 265 g/mol. The van der Waals surface area contributed by atoms with E-state index in [4.69, 9.17) is 11.6 Å². The molecule has 68 valence electrons. The van der Waals surface area contributed by atoms with Crippen LogP contribution in [-0.2, 0) is 0 Å². The van der Waals surface area contributed by atoms with E-state index in [9.17, 15) is 8.78 Å². The maximum atomic E-state index is 12.8. The molecule has 0 nitrogen and oxygen atoms in total. The minimum Gasteiger partial charge on any atom is -0.205 e. The van der Waals surface area contributed by atoms with Crippen molar-refractivity contribution < 1.29 is 8.78 Å². The van der Waals surface area contributed by atoms with E-state index < -0.39 is 16.7 Å². The quantitative estimate of drug-likeness (QED) is 0.383. The van der Waals surface area contributed by atoms with Crippen molar-refractivity contribution >= 4 is 27.5 Å². The number of hydrogen-bond acceptors (Lipinski definition) is 0. The predicted molar refractivity (Wildman–Crippen MR) is 52.0 cm³/mol. The van der Waals surface area contributed by atoms with Crippen LogP contribution in [0.25, 0.3) is 0 Å². The molecule has 0 aliphatic heterocycles. The molecule has 0 amide bonds. The summed E-state index contributed by atoms with van der Waals surface area (Å²) in [6.07, 6.45) is 0. The first kappa shape index (κ1) is 10.5. The maximum absolute atomic E-state index is 12.8. The third-order valence-corrected chi connectivity index (χ3v) is 1.92. The fourth-order valence-electron chi connectivity index (χ4n) is 0.763. The van der Waals surface area contributed by atoms with Gasteiger partial charge in [0.1, 0.15) is 16.7 Å². The average Bonchev–Trinajstić information content (AvgIpc) is 2.10. The topological polar surface area (TPSA) is 0 Å². The summed E-state index contributed by atoms with van der Waals surface area (Å²) in [5.41, 5.74) is 0.277. The van der Waals surface area contributed by atoms with Crippen molar-refractivity contribution in [3.05, 3.63) is 34.4 Å². The van der Waals surface area contributed by atoms with E-state index in [1.807, 2.05) is 0 Å². The SMILES string of the molecule is Fc1cc(C#CCBr)cc(F)c1Cl. The van der Waals surface area contributed by atoms with Crippen molar-refractivity contribution in [1.29, 1.82) is 0 Å². The number of hydrogen-bond donors (Lipinski definition) is 0. The van der Waals surface area contributed by atoms with Crippen LogP contribution in [0, 0.1) is 23.5 Å². The molecule has 0 spiro atoms. The van der Waals surface area contributed by atoms with Crippen molar-refractivity contribution in [3.8, 4) is 11.8 Å². The van der Waals surface area contributed by atoms with Crippen LogP contribution in [0.5, 0.6) is 0 Å². The summed E-state index contributed by atoms with van der Waals surface area (Å²) in [4.78, 5) is 0. The monoisotopic (exact) mass is 264 g/mol. The number of rotatable bonds is 0. The lowest BCUT2D eigenvalue weighted by Gasteiger charge is -1.96. The Labute approximate surface area is 88.0 Å². The van der Waals surface area contributed by atoms with E-state index in [2.05, 4.69) is 27.8 Å². The molecule has 4 heteroatoms. The minimum atomic E-state index is -0.791. The Morgan fingerprint density at radius 1 is 1.31 bits per heavy atom. The molecule has 0 N–H and O–H groups in total. The molecule has 0 fully saturated rings. The van der Waals surface area contributed by atoms with Gasteiger partial charge in [0.2, 0.25) is 0 Å². The molecule has 0 heterocycles.